The van der Waals surface area contributed by atoms with Crippen molar-refractivity contribution in [2.75, 3.05) is 19.7 Å². The summed E-state index contributed by atoms with van der Waals surface area (Å²) in [5.41, 5.74) is 3.36. The van der Waals surface area contributed by atoms with Crippen molar-refractivity contribution < 1.29 is 4.74 Å². The summed E-state index contributed by atoms with van der Waals surface area (Å²) in [7, 11) is 0. The number of hydrogen-bond acceptors (Lipinski definition) is 4. The van der Waals surface area contributed by atoms with Crippen LogP contribution in [0.2, 0.25) is 0 Å². The standard InChI is InChI=1S/C23H30N6O.HI/c1-3-24-23(26-16-21-28-27-20-8-4-5-13-29(20)21)25-15-19-7-6-14-30-22(19)18-11-9-17(2)10-12-18;/h4-5,8-13,19,22H,3,6-7,14-16H2,1-2H3,(H2,24,25,26);1H. The van der Waals surface area contributed by atoms with Gasteiger partial charge < -0.3 is 15.4 Å². The Morgan fingerprint density at radius 2 is 2.00 bits per heavy atom. The second kappa shape index (κ2) is 11.4. The summed E-state index contributed by atoms with van der Waals surface area (Å²) in [6, 6.07) is 14.6. The van der Waals surface area contributed by atoms with Gasteiger partial charge in [-0.2, -0.15) is 0 Å². The van der Waals surface area contributed by atoms with Crippen LogP contribution in [0.15, 0.2) is 53.7 Å². The minimum atomic E-state index is 0. The third-order valence-electron chi connectivity index (χ3n) is 5.49. The molecule has 3 heterocycles. The molecule has 1 aliphatic rings. The molecule has 2 N–H and O–H groups in total. The number of fused-ring (bicyclic) bond motifs is 1. The Morgan fingerprint density at radius 1 is 1.16 bits per heavy atom. The lowest BCUT2D eigenvalue weighted by Gasteiger charge is -2.32. The van der Waals surface area contributed by atoms with Crippen LogP contribution in [-0.4, -0.2) is 40.3 Å². The predicted molar refractivity (Wildman–Crippen MR) is 134 cm³/mol. The molecular weight excluding hydrogens is 503 g/mol. The molecule has 2 unspecified atom stereocenters. The van der Waals surface area contributed by atoms with E-state index >= 15 is 0 Å². The van der Waals surface area contributed by atoms with Gasteiger partial charge in [-0.1, -0.05) is 35.9 Å². The highest BCUT2D eigenvalue weighted by molar-refractivity contribution is 14.0. The van der Waals surface area contributed by atoms with E-state index in [1.807, 2.05) is 28.8 Å². The lowest BCUT2D eigenvalue weighted by molar-refractivity contribution is -0.0265. The van der Waals surface area contributed by atoms with Gasteiger partial charge in [0.2, 0.25) is 0 Å². The number of ether oxygens (including phenoxy) is 1. The molecule has 0 amide bonds. The Balaban J connectivity index is 0.00000272. The normalized spacial score (nSPS) is 19.1. The molecule has 1 aliphatic heterocycles. The van der Waals surface area contributed by atoms with Crippen molar-refractivity contribution in [3.05, 3.63) is 65.6 Å². The number of pyridine rings is 1. The summed E-state index contributed by atoms with van der Waals surface area (Å²) < 4.78 is 8.12. The maximum atomic E-state index is 6.15. The van der Waals surface area contributed by atoms with E-state index in [1.165, 1.54) is 11.1 Å². The molecule has 4 rings (SSSR count). The zero-order valence-electron chi connectivity index (χ0n) is 18.1. The molecule has 1 saturated heterocycles. The van der Waals surface area contributed by atoms with Crippen LogP contribution in [0.3, 0.4) is 0 Å². The van der Waals surface area contributed by atoms with Crippen LogP contribution in [-0.2, 0) is 11.3 Å². The van der Waals surface area contributed by atoms with Crippen molar-refractivity contribution in [1.29, 1.82) is 0 Å². The largest absolute Gasteiger partial charge is 0.373 e. The van der Waals surface area contributed by atoms with Crippen molar-refractivity contribution in [3.63, 3.8) is 0 Å². The van der Waals surface area contributed by atoms with Crippen LogP contribution in [0.5, 0.6) is 0 Å². The first-order valence-corrected chi connectivity index (χ1v) is 10.7. The van der Waals surface area contributed by atoms with Gasteiger partial charge in [0.05, 0.1) is 6.10 Å². The third kappa shape index (κ3) is 5.94. The first-order chi connectivity index (χ1) is 14.7. The van der Waals surface area contributed by atoms with Crippen LogP contribution in [0, 0.1) is 12.8 Å². The second-order valence-corrected chi connectivity index (χ2v) is 7.73. The topological polar surface area (TPSA) is 75.8 Å². The van der Waals surface area contributed by atoms with E-state index in [2.05, 4.69) is 58.9 Å². The highest BCUT2D eigenvalue weighted by atomic mass is 127. The first-order valence-electron chi connectivity index (χ1n) is 10.7. The minimum Gasteiger partial charge on any atom is -0.373 e. The van der Waals surface area contributed by atoms with Gasteiger partial charge in [-0.15, -0.1) is 34.2 Å². The van der Waals surface area contributed by atoms with E-state index < -0.39 is 0 Å². The third-order valence-corrected chi connectivity index (χ3v) is 5.49. The zero-order valence-corrected chi connectivity index (χ0v) is 20.5. The number of aliphatic imine (C=N–C) groups is 1. The Kier molecular flexibility index (Phi) is 8.65. The molecule has 0 radical (unpaired) electrons. The van der Waals surface area contributed by atoms with Crippen LogP contribution >= 0.6 is 24.0 Å². The second-order valence-electron chi connectivity index (χ2n) is 7.73. The number of hydrogen-bond donors (Lipinski definition) is 2. The Labute approximate surface area is 200 Å². The number of aromatic nitrogens is 3. The molecule has 166 valence electrons. The maximum Gasteiger partial charge on any atom is 0.191 e. The SMILES string of the molecule is CCNC(=NCc1nnc2ccccn12)NCC1CCCOC1c1ccc(C)cc1.I. The van der Waals surface area contributed by atoms with Gasteiger partial charge in [0, 0.05) is 31.8 Å². The van der Waals surface area contributed by atoms with Gasteiger partial charge in [0.1, 0.15) is 6.54 Å². The van der Waals surface area contributed by atoms with Crippen molar-refractivity contribution in [2.45, 2.75) is 39.3 Å². The van der Waals surface area contributed by atoms with E-state index in [1.54, 1.807) is 0 Å². The summed E-state index contributed by atoms with van der Waals surface area (Å²) in [6.45, 7) is 7.08. The Hall–Kier alpha value is -2.20. The molecule has 8 heteroatoms. The summed E-state index contributed by atoms with van der Waals surface area (Å²) >= 11 is 0. The average molecular weight is 534 g/mol. The number of nitrogens with zero attached hydrogens (tertiary/aromatic N) is 4. The van der Waals surface area contributed by atoms with E-state index in [0.717, 1.165) is 50.0 Å². The molecule has 0 spiro atoms. The summed E-state index contributed by atoms with van der Waals surface area (Å²) in [5, 5.41) is 15.3. The van der Waals surface area contributed by atoms with Crippen molar-refractivity contribution in [3.8, 4) is 0 Å². The molecule has 1 fully saturated rings. The molecule has 0 aliphatic carbocycles. The summed E-state index contributed by atoms with van der Waals surface area (Å²) in [5.74, 6) is 2.01. The molecule has 0 bridgehead atoms. The van der Waals surface area contributed by atoms with Gasteiger partial charge >= 0.3 is 0 Å². The maximum absolute atomic E-state index is 6.15. The molecule has 7 nitrogen and oxygen atoms in total. The first kappa shape index (κ1) is 23.5. The molecular formula is C23H31IN6O. The van der Waals surface area contributed by atoms with E-state index in [9.17, 15) is 0 Å². The van der Waals surface area contributed by atoms with E-state index in [0.29, 0.717) is 12.5 Å². The highest BCUT2D eigenvalue weighted by Gasteiger charge is 2.27. The van der Waals surface area contributed by atoms with Crippen molar-refractivity contribution in [1.82, 2.24) is 25.2 Å². The number of rotatable bonds is 6. The van der Waals surface area contributed by atoms with Crippen LogP contribution in [0.4, 0.5) is 0 Å². The van der Waals surface area contributed by atoms with Crippen LogP contribution in [0.1, 0.15) is 42.8 Å². The van der Waals surface area contributed by atoms with Crippen molar-refractivity contribution >= 4 is 35.6 Å². The highest BCUT2D eigenvalue weighted by Crippen LogP contribution is 2.33. The monoisotopic (exact) mass is 534 g/mol. The molecule has 2 atom stereocenters. The van der Waals surface area contributed by atoms with Gasteiger partial charge in [0.25, 0.3) is 0 Å². The summed E-state index contributed by atoms with van der Waals surface area (Å²) in [6.07, 6.45) is 4.31. The van der Waals surface area contributed by atoms with E-state index in [4.69, 9.17) is 9.73 Å². The Bertz CT molecular complexity index is 987. The molecule has 31 heavy (non-hydrogen) atoms. The molecule has 1 aromatic carbocycles. The quantitative estimate of drug-likeness (QED) is 0.285. The smallest absolute Gasteiger partial charge is 0.191 e. The molecule has 0 saturated carbocycles. The number of nitrogens with one attached hydrogen (secondary N) is 2. The lowest BCUT2D eigenvalue weighted by atomic mass is 9.89. The number of aryl methyl sites for hydroxylation is 1. The minimum absolute atomic E-state index is 0. The van der Waals surface area contributed by atoms with Gasteiger partial charge in [-0.05, 0) is 44.4 Å². The molecule has 2 aromatic heterocycles. The molecule has 3 aromatic rings. The fraction of sp³-hybridized carbons (Fsp3) is 0.435. The van der Waals surface area contributed by atoms with Gasteiger partial charge in [0.15, 0.2) is 17.4 Å². The average Bonchev–Trinajstić information content (AvgIpc) is 3.20. The van der Waals surface area contributed by atoms with Crippen LogP contribution in [0.25, 0.3) is 5.65 Å². The fourth-order valence-corrected chi connectivity index (χ4v) is 3.89. The Morgan fingerprint density at radius 3 is 2.81 bits per heavy atom. The van der Waals surface area contributed by atoms with Gasteiger partial charge in [-0.25, -0.2) is 4.99 Å². The number of benzene rings is 1. The fourth-order valence-electron chi connectivity index (χ4n) is 3.89. The predicted octanol–water partition coefficient (Wildman–Crippen LogP) is 3.88. The van der Waals surface area contributed by atoms with Gasteiger partial charge in [-0.3, -0.25) is 4.40 Å². The number of halogens is 1. The van der Waals surface area contributed by atoms with Crippen molar-refractivity contribution in [2.24, 2.45) is 10.9 Å². The van der Waals surface area contributed by atoms with E-state index in [-0.39, 0.29) is 30.1 Å². The zero-order chi connectivity index (χ0) is 20.8. The van der Waals surface area contributed by atoms with Crippen LogP contribution < -0.4 is 10.6 Å². The number of guanidine groups is 1. The lowest BCUT2D eigenvalue weighted by Crippen LogP contribution is -2.42. The summed E-state index contributed by atoms with van der Waals surface area (Å²) in [4.78, 5) is 4.73.